The van der Waals surface area contributed by atoms with Gasteiger partial charge in [-0.2, -0.15) is 0 Å². The fourth-order valence-corrected chi connectivity index (χ4v) is 3.48. The van der Waals surface area contributed by atoms with Crippen LogP contribution in [0, 0.1) is 0 Å². The molecular formula is C15H16N2. The largest absolute Gasteiger partial charge is 0.361 e. The van der Waals surface area contributed by atoms with Crippen LogP contribution in [0.1, 0.15) is 23.5 Å². The number of rotatable bonds is 0. The summed E-state index contributed by atoms with van der Waals surface area (Å²) in [6, 6.07) is 7.22. The number of hydrogen-bond acceptors (Lipinski definition) is 1. The van der Waals surface area contributed by atoms with Gasteiger partial charge in [0.15, 0.2) is 0 Å². The number of aromatic amines is 1. The zero-order chi connectivity index (χ0) is 11.4. The van der Waals surface area contributed by atoms with E-state index in [0.29, 0.717) is 12.0 Å². The Morgan fingerprint density at radius 1 is 1.24 bits per heavy atom. The molecule has 1 saturated heterocycles. The van der Waals surface area contributed by atoms with E-state index in [1.54, 1.807) is 0 Å². The Labute approximate surface area is 101 Å². The van der Waals surface area contributed by atoms with Crippen LogP contribution in [-0.2, 0) is 6.42 Å². The molecule has 0 saturated carbocycles. The molecule has 86 valence electrons. The standard InChI is InChI=1S/C15H16N2/c1-9-5-12-11-3-2-4-13-15(11)10(8-17-13)6-14(12)16-7-9/h2-4,8,12,14,16-17H,1,5-7H2/t12?,14-/m1/s1. The molecule has 2 N–H and O–H groups in total. The van der Waals surface area contributed by atoms with E-state index in [-0.39, 0.29) is 0 Å². The predicted octanol–water partition coefficient (Wildman–Crippen LogP) is 2.73. The van der Waals surface area contributed by atoms with Gasteiger partial charge in [-0.3, -0.25) is 0 Å². The summed E-state index contributed by atoms with van der Waals surface area (Å²) in [7, 11) is 0. The Hall–Kier alpha value is -1.54. The molecule has 0 spiro atoms. The highest BCUT2D eigenvalue weighted by molar-refractivity contribution is 5.88. The number of fused-ring (bicyclic) bond motifs is 2. The molecule has 1 aliphatic heterocycles. The first-order chi connectivity index (χ1) is 8.33. The molecule has 2 heteroatoms. The molecule has 0 amide bonds. The summed E-state index contributed by atoms with van der Waals surface area (Å²) in [5.41, 5.74) is 5.59. The zero-order valence-corrected chi connectivity index (χ0v) is 9.79. The van der Waals surface area contributed by atoms with Gasteiger partial charge in [0, 0.05) is 35.6 Å². The van der Waals surface area contributed by atoms with Gasteiger partial charge in [-0.15, -0.1) is 0 Å². The smallest absolute Gasteiger partial charge is 0.0459 e. The molecule has 0 radical (unpaired) electrons. The quantitative estimate of drug-likeness (QED) is 0.662. The third kappa shape index (κ3) is 1.25. The molecule has 2 atom stereocenters. The topological polar surface area (TPSA) is 27.8 Å². The summed E-state index contributed by atoms with van der Waals surface area (Å²) >= 11 is 0. The molecule has 2 heterocycles. The van der Waals surface area contributed by atoms with Crippen LogP contribution >= 0.6 is 0 Å². The summed E-state index contributed by atoms with van der Waals surface area (Å²) in [6.07, 6.45) is 4.46. The third-order valence-corrected chi connectivity index (χ3v) is 4.27. The average Bonchev–Trinajstić information content (AvgIpc) is 2.75. The SMILES string of the molecule is C=C1CN[C@@H]2Cc3c[nH]c4cccc(c34)C2C1. The van der Waals surface area contributed by atoms with Gasteiger partial charge in [0.1, 0.15) is 0 Å². The normalized spacial score (nSPS) is 27.2. The maximum atomic E-state index is 4.14. The molecule has 1 aromatic carbocycles. The van der Waals surface area contributed by atoms with E-state index in [2.05, 4.69) is 41.3 Å². The van der Waals surface area contributed by atoms with Crippen LogP contribution in [0.3, 0.4) is 0 Å². The van der Waals surface area contributed by atoms with Crippen molar-refractivity contribution in [1.29, 1.82) is 0 Å². The molecular weight excluding hydrogens is 208 g/mol. The van der Waals surface area contributed by atoms with Crippen molar-refractivity contribution in [3.8, 4) is 0 Å². The molecule has 2 aliphatic rings. The van der Waals surface area contributed by atoms with Gasteiger partial charge in [0.05, 0.1) is 0 Å². The van der Waals surface area contributed by atoms with E-state index >= 15 is 0 Å². The van der Waals surface area contributed by atoms with Crippen molar-refractivity contribution in [2.45, 2.75) is 24.8 Å². The van der Waals surface area contributed by atoms with E-state index in [9.17, 15) is 0 Å². The number of piperidine rings is 1. The maximum Gasteiger partial charge on any atom is 0.0459 e. The zero-order valence-electron chi connectivity index (χ0n) is 9.79. The number of hydrogen-bond donors (Lipinski definition) is 2. The molecule has 2 nitrogen and oxygen atoms in total. The average molecular weight is 224 g/mol. The van der Waals surface area contributed by atoms with Crippen LogP contribution in [0.4, 0.5) is 0 Å². The first kappa shape index (κ1) is 9.49. The lowest BCUT2D eigenvalue weighted by molar-refractivity contribution is 0.394. The van der Waals surface area contributed by atoms with Crippen molar-refractivity contribution in [2.24, 2.45) is 0 Å². The Bertz CT molecular complexity index is 608. The van der Waals surface area contributed by atoms with Gasteiger partial charge in [0.25, 0.3) is 0 Å². The van der Waals surface area contributed by atoms with E-state index in [0.717, 1.165) is 19.4 Å². The van der Waals surface area contributed by atoms with Crippen LogP contribution in [0.15, 0.2) is 36.5 Å². The molecule has 1 aliphatic carbocycles. The second-order valence-electron chi connectivity index (χ2n) is 5.34. The van der Waals surface area contributed by atoms with Crippen LogP contribution < -0.4 is 5.32 Å². The fraction of sp³-hybridized carbons (Fsp3) is 0.333. The lowest BCUT2D eigenvalue weighted by atomic mass is 9.75. The Balaban J connectivity index is 1.95. The van der Waals surface area contributed by atoms with Gasteiger partial charge in [-0.05, 0) is 30.0 Å². The molecule has 4 rings (SSSR count). The molecule has 1 fully saturated rings. The number of aromatic nitrogens is 1. The summed E-state index contributed by atoms with van der Waals surface area (Å²) in [5.74, 6) is 0.614. The molecule has 2 aromatic rings. The molecule has 1 aromatic heterocycles. The fourth-order valence-electron chi connectivity index (χ4n) is 3.48. The minimum atomic E-state index is 0.592. The van der Waals surface area contributed by atoms with Gasteiger partial charge < -0.3 is 10.3 Å². The molecule has 0 bridgehead atoms. The second-order valence-corrected chi connectivity index (χ2v) is 5.34. The maximum absolute atomic E-state index is 4.14. The molecule has 1 unspecified atom stereocenters. The Morgan fingerprint density at radius 2 is 2.18 bits per heavy atom. The third-order valence-electron chi connectivity index (χ3n) is 4.27. The second kappa shape index (κ2) is 3.23. The van der Waals surface area contributed by atoms with Crippen LogP contribution in [0.2, 0.25) is 0 Å². The summed E-state index contributed by atoms with van der Waals surface area (Å²) in [5, 5.41) is 5.09. The number of H-pyrrole nitrogens is 1. The number of nitrogens with one attached hydrogen (secondary N) is 2. The molecule has 17 heavy (non-hydrogen) atoms. The summed E-state index contributed by atoms with van der Waals surface area (Å²) in [6.45, 7) is 5.13. The highest BCUT2D eigenvalue weighted by Crippen LogP contribution is 2.41. The van der Waals surface area contributed by atoms with Crippen molar-refractivity contribution in [3.63, 3.8) is 0 Å². The Morgan fingerprint density at radius 3 is 3.12 bits per heavy atom. The van der Waals surface area contributed by atoms with E-state index in [4.69, 9.17) is 0 Å². The van der Waals surface area contributed by atoms with E-state index in [1.807, 2.05) is 0 Å². The highest BCUT2D eigenvalue weighted by atomic mass is 14.9. The van der Waals surface area contributed by atoms with Crippen LogP contribution in [-0.4, -0.2) is 17.6 Å². The van der Waals surface area contributed by atoms with Crippen molar-refractivity contribution in [3.05, 3.63) is 47.7 Å². The van der Waals surface area contributed by atoms with Crippen molar-refractivity contribution >= 4 is 10.9 Å². The van der Waals surface area contributed by atoms with Gasteiger partial charge in [-0.25, -0.2) is 0 Å². The van der Waals surface area contributed by atoms with Gasteiger partial charge in [-0.1, -0.05) is 24.3 Å². The highest BCUT2D eigenvalue weighted by Gasteiger charge is 2.33. The lowest BCUT2D eigenvalue weighted by Gasteiger charge is -2.37. The van der Waals surface area contributed by atoms with Gasteiger partial charge >= 0.3 is 0 Å². The minimum Gasteiger partial charge on any atom is -0.361 e. The van der Waals surface area contributed by atoms with Crippen LogP contribution in [0.5, 0.6) is 0 Å². The van der Waals surface area contributed by atoms with Crippen LogP contribution in [0.25, 0.3) is 10.9 Å². The Kier molecular flexibility index (Phi) is 1.80. The predicted molar refractivity (Wildman–Crippen MR) is 70.3 cm³/mol. The summed E-state index contributed by atoms with van der Waals surface area (Å²) in [4.78, 5) is 3.39. The van der Waals surface area contributed by atoms with Crippen molar-refractivity contribution in [2.75, 3.05) is 6.54 Å². The first-order valence-electron chi connectivity index (χ1n) is 6.32. The first-order valence-corrected chi connectivity index (χ1v) is 6.32. The summed E-state index contributed by atoms with van der Waals surface area (Å²) < 4.78 is 0. The lowest BCUT2D eigenvalue weighted by Crippen LogP contribution is -2.43. The van der Waals surface area contributed by atoms with Gasteiger partial charge in [0.2, 0.25) is 0 Å². The van der Waals surface area contributed by atoms with Crippen molar-refractivity contribution < 1.29 is 0 Å². The minimum absolute atomic E-state index is 0.592. The van der Waals surface area contributed by atoms with E-state index < -0.39 is 0 Å². The monoisotopic (exact) mass is 224 g/mol. The van der Waals surface area contributed by atoms with Crippen molar-refractivity contribution in [1.82, 2.24) is 10.3 Å². The van der Waals surface area contributed by atoms with E-state index in [1.165, 1.54) is 27.6 Å². The number of benzene rings is 1.